The normalized spacial score (nSPS) is 14.5. The maximum absolute atomic E-state index is 6.45. The lowest BCUT2D eigenvalue weighted by Crippen LogP contribution is -2.33. The molecule has 1 N–H and O–H groups in total. The Kier molecular flexibility index (Phi) is 3.80. The molecule has 26 heavy (non-hydrogen) atoms. The van der Waals surface area contributed by atoms with Gasteiger partial charge in [0.1, 0.15) is 12.2 Å². The number of nitrogens with one attached hydrogen (secondary N) is 1. The Labute approximate surface area is 156 Å². The Hall–Kier alpha value is -2.56. The zero-order valence-electron chi connectivity index (χ0n) is 14.2. The van der Waals surface area contributed by atoms with Crippen LogP contribution in [0.1, 0.15) is 11.1 Å². The van der Waals surface area contributed by atoms with Crippen LogP contribution < -0.4 is 4.74 Å². The lowest BCUT2D eigenvalue weighted by atomic mass is 10.1. The molecule has 2 aromatic carbocycles. The first-order valence-electron chi connectivity index (χ1n) is 8.76. The predicted octanol–water partition coefficient (Wildman–Crippen LogP) is 4.76. The number of aromatic amines is 1. The molecule has 0 bridgehead atoms. The molecule has 0 aliphatic carbocycles. The van der Waals surface area contributed by atoms with Gasteiger partial charge in [-0.25, -0.2) is 0 Å². The van der Waals surface area contributed by atoms with E-state index in [-0.39, 0.29) is 0 Å². The molecule has 5 heteroatoms. The van der Waals surface area contributed by atoms with Gasteiger partial charge in [0.05, 0.1) is 5.02 Å². The van der Waals surface area contributed by atoms with Gasteiger partial charge in [0.25, 0.3) is 0 Å². The average molecular weight is 364 g/mol. The second-order valence-corrected chi connectivity index (χ2v) is 7.09. The lowest BCUT2D eigenvalue weighted by Gasteiger charge is -2.29. The number of ether oxygens (including phenoxy) is 1. The first kappa shape index (κ1) is 15.7. The Balaban J connectivity index is 1.37. The summed E-state index contributed by atoms with van der Waals surface area (Å²) in [6.07, 6.45) is 4.87. The smallest absolute Gasteiger partial charge is 0.152 e. The fraction of sp³-hybridized carbons (Fsp3) is 0.190. The van der Waals surface area contributed by atoms with E-state index in [2.05, 4.69) is 45.3 Å². The topological polar surface area (TPSA) is 41.1 Å². The van der Waals surface area contributed by atoms with Gasteiger partial charge in [-0.2, -0.15) is 0 Å². The number of aromatic nitrogens is 2. The summed E-state index contributed by atoms with van der Waals surface area (Å²) in [5, 5.41) is 2.97. The zero-order valence-corrected chi connectivity index (χ0v) is 15.0. The van der Waals surface area contributed by atoms with Crippen molar-refractivity contribution in [3.63, 3.8) is 0 Å². The Morgan fingerprint density at radius 1 is 1.15 bits per heavy atom. The van der Waals surface area contributed by atoms with Gasteiger partial charge >= 0.3 is 0 Å². The average Bonchev–Trinajstić information content (AvgIpc) is 3.10. The predicted molar refractivity (Wildman–Crippen MR) is 105 cm³/mol. The van der Waals surface area contributed by atoms with E-state index in [0.29, 0.717) is 6.73 Å². The zero-order chi connectivity index (χ0) is 17.5. The number of benzene rings is 2. The molecule has 0 unspecified atom stereocenters. The standard InChI is InChI=1S/C21H18ClN3O/c22-18-10-15-12-25(13-26-21(15)20-17(18)5-3-8-23-20)9-7-14-11-24-19-6-2-1-4-16(14)19/h1-6,8,10-11,24H,7,9,12-13H2. The van der Waals surface area contributed by atoms with Crippen LogP contribution in [0, 0.1) is 0 Å². The molecule has 4 aromatic rings. The summed E-state index contributed by atoms with van der Waals surface area (Å²) in [5.41, 5.74) is 4.48. The highest BCUT2D eigenvalue weighted by Gasteiger charge is 2.21. The van der Waals surface area contributed by atoms with Crippen molar-refractivity contribution in [3.8, 4) is 5.75 Å². The maximum Gasteiger partial charge on any atom is 0.152 e. The van der Waals surface area contributed by atoms with Crippen LogP contribution in [0.3, 0.4) is 0 Å². The fourth-order valence-electron chi connectivity index (χ4n) is 3.71. The number of H-pyrrole nitrogens is 1. The van der Waals surface area contributed by atoms with Crippen molar-refractivity contribution in [2.24, 2.45) is 0 Å². The van der Waals surface area contributed by atoms with Gasteiger partial charge in [-0.15, -0.1) is 0 Å². The first-order chi connectivity index (χ1) is 12.8. The Morgan fingerprint density at radius 2 is 2.04 bits per heavy atom. The quantitative estimate of drug-likeness (QED) is 0.570. The van der Waals surface area contributed by atoms with E-state index >= 15 is 0 Å². The molecule has 0 spiro atoms. The Morgan fingerprint density at radius 3 is 3.00 bits per heavy atom. The van der Waals surface area contributed by atoms with Crippen LogP contribution in [0.25, 0.3) is 21.8 Å². The molecule has 0 amide bonds. The van der Waals surface area contributed by atoms with Crippen molar-refractivity contribution in [1.82, 2.24) is 14.9 Å². The third kappa shape index (κ3) is 2.62. The molecule has 0 radical (unpaired) electrons. The van der Waals surface area contributed by atoms with Crippen molar-refractivity contribution in [2.45, 2.75) is 13.0 Å². The third-order valence-corrected chi connectivity index (χ3v) is 5.34. The summed E-state index contributed by atoms with van der Waals surface area (Å²) in [4.78, 5) is 10.1. The number of nitrogens with zero attached hydrogens (tertiary/aromatic N) is 2. The van der Waals surface area contributed by atoms with Crippen molar-refractivity contribution in [1.29, 1.82) is 0 Å². The van der Waals surface area contributed by atoms with Crippen molar-refractivity contribution < 1.29 is 4.74 Å². The first-order valence-corrected chi connectivity index (χ1v) is 9.13. The van der Waals surface area contributed by atoms with E-state index in [1.54, 1.807) is 6.20 Å². The molecular formula is C21H18ClN3O. The number of fused-ring (bicyclic) bond motifs is 4. The molecule has 0 atom stereocenters. The van der Waals surface area contributed by atoms with Crippen molar-refractivity contribution >= 4 is 33.4 Å². The highest BCUT2D eigenvalue weighted by atomic mass is 35.5. The van der Waals surface area contributed by atoms with Gasteiger partial charge in [0.15, 0.2) is 5.75 Å². The molecular weight excluding hydrogens is 346 g/mol. The van der Waals surface area contributed by atoms with Gasteiger partial charge < -0.3 is 9.72 Å². The van der Waals surface area contributed by atoms with Crippen molar-refractivity contribution in [3.05, 3.63) is 71.0 Å². The molecule has 2 aromatic heterocycles. The van der Waals surface area contributed by atoms with E-state index in [1.165, 1.54) is 16.5 Å². The van der Waals surface area contributed by atoms with Crippen LogP contribution in [0.15, 0.2) is 54.9 Å². The molecule has 130 valence electrons. The molecule has 0 fully saturated rings. The second-order valence-electron chi connectivity index (χ2n) is 6.68. The summed E-state index contributed by atoms with van der Waals surface area (Å²) < 4.78 is 6.06. The molecule has 4 nitrogen and oxygen atoms in total. The number of pyridine rings is 1. The minimum absolute atomic E-state index is 0.572. The van der Waals surface area contributed by atoms with Gasteiger partial charge in [-0.3, -0.25) is 9.88 Å². The van der Waals surface area contributed by atoms with Gasteiger partial charge in [-0.1, -0.05) is 29.8 Å². The third-order valence-electron chi connectivity index (χ3n) is 5.03. The number of halogens is 1. The lowest BCUT2D eigenvalue weighted by molar-refractivity contribution is 0.0981. The molecule has 1 aliphatic rings. The number of rotatable bonds is 3. The van der Waals surface area contributed by atoms with Crippen LogP contribution in [0.5, 0.6) is 5.75 Å². The van der Waals surface area contributed by atoms with E-state index in [4.69, 9.17) is 16.3 Å². The number of hydrogen-bond acceptors (Lipinski definition) is 3. The fourth-order valence-corrected chi connectivity index (χ4v) is 3.99. The summed E-state index contributed by atoms with van der Waals surface area (Å²) in [6, 6.07) is 14.3. The molecule has 1 aliphatic heterocycles. The van der Waals surface area contributed by atoms with Crippen LogP contribution in [0.4, 0.5) is 0 Å². The van der Waals surface area contributed by atoms with E-state index in [1.807, 2.05) is 18.2 Å². The van der Waals surface area contributed by atoms with Crippen LogP contribution in [-0.2, 0) is 13.0 Å². The summed E-state index contributed by atoms with van der Waals surface area (Å²) >= 11 is 6.45. The van der Waals surface area contributed by atoms with Crippen LogP contribution in [0.2, 0.25) is 5.02 Å². The highest BCUT2D eigenvalue weighted by Crippen LogP contribution is 2.36. The molecule has 3 heterocycles. The minimum Gasteiger partial charge on any atom is -0.475 e. The maximum atomic E-state index is 6.45. The summed E-state index contributed by atoms with van der Waals surface area (Å²) in [6.45, 7) is 2.33. The Bertz CT molecular complexity index is 1110. The van der Waals surface area contributed by atoms with Gasteiger partial charge in [-0.05, 0) is 36.2 Å². The second kappa shape index (κ2) is 6.31. The largest absolute Gasteiger partial charge is 0.475 e. The SMILES string of the molecule is Clc1cc2c(c3ncccc13)OCN(CCc1c[nH]c3ccccc13)C2. The number of para-hydroxylation sites is 1. The minimum atomic E-state index is 0.572. The highest BCUT2D eigenvalue weighted by molar-refractivity contribution is 6.35. The van der Waals surface area contributed by atoms with Gasteiger partial charge in [0, 0.05) is 47.3 Å². The summed E-state index contributed by atoms with van der Waals surface area (Å²) in [7, 11) is 0. The van der Waals surface area contributed by atoms with E-state index in [0.717, 1.165) is 46.7 Å². The van der Waals surface area contributed by atoms with Crippen molar-refractivity contribution in [2.75, 3.05) is 13.3 Å². The van der Waals surface area contributed by atoms with E-state index < -0.39 is 0 Å². The monoisotopic (exact) mass is 363 g/mol. The molecule has 0 saturated carbocycles. The van der Waals surface area contributed by atoms with Crippen LogP contribution in [-0.4, -0.2) is 28.1 Å². The molecule has 0 saturated heterocycles. The number of hydrogen-bond donors (Lipinski definition) is 1. The van der Waals surface area contributed by atoms with E-state index in [9.17, 15) is 0 Å². The summed E-state index contributed by atoms with van der Waals surface area (Å²) in [5.74, 6) is 0.869. The van der Waals surface area contributed by atoms with Crippen LogP contribution >= 0.6 is 11.6 Å². The molecule has 5 rings (SSSR count). The van der Waals surface area contributed by atoms with Gasteiger partial charge in [0.2, 0.25) is 0 Å².